The molecule has 0 bridgehead atoms. The molecule has 1 amide bonds. The van der Waals surface area contributed by atoms with E-state index in [1.54, 1.807) is 0 Å². The first-order chi connectivity index (χ1) is 8.65. The summed E-state index contributed by atoms with van der Waals surface area (Å²) < 4.78 is 0. The highest BCUT2D eigenvalue weighted by molar-refractivity contribution is 6.30. The van der Waals surface area contributed by atoms with Gasteiger partial charge < -0.3 is 11.1 Å². The van der Waals surface area contributed by atoms with E-state index in [2.05, 4.69) is 5.32 Å². The minimum absolute atomic E-state index is 0. The first kappa shape index (κ1) is 16.3. The number of rotatable bonds is 3. The maximum Gasteiger partial charge on any atom is 0.223 e. The molecule has 3 nitrogen and oxygen atoms in total. The van der Waals surface area contributed by atoms with Crippen molar-refractivity contribution in [2.75, 3.05) is 0 Å². The van der Waals surface area contributed by atoms with Crippen LogP contribution in [0, 0.1) is 5.92 Å². The zero-order valence-electron chi connectivity index (χ0n) is 10.8. The third-order valence-corrected chi connectivity index (χ3v) is 3.72. The number of hydrogen-bond acceptors (Lipinski definition) is 2. The van der Waals surface area contributed by atoms with E-state index in [1.807, 2.05) is 24.3 Å². The van der Waals surface area contributed by atoms with Gasteiger partial charge in [-0.05, 0) is 37.0 Å². The van der Waals surface area contributed by atoms with Gasteiger partial charge in [0.15, 0.2) is 0 Å². The van der Waals surface area contributed by atoms with Crippen molar-refractivity contribution in [1.29, 1.82) is 0 Å². The Hall–Kier alpha value is -0.770. The van der Waals surface area contributed by atoms with Gasteiger partial charge in [-0.2, -0.15) is 0 Å². The van der Waals surface area contributed by atoms with Crippen LogP contribution in [0.25, 0.3) is 0 Å². The number of carbonyl (C=O) groups excluding carboxylic acids is 1. The number of carbonyl (C=O) groups is 1. The van der Waals surface area contributed by atoms with E-state index in [0.29, 0.717) is 11.6 Å². The standard InChI is InChI=1S/C14H19ClN2O.ClH/c15-12-6-4-10(5-7-12)9-17-14(18)11-2-1-3-13(16)8-11;/h4-7,11,13H,1-3,8-9,16H2,(H,17,18);1H. The van der Waals surface area contributed by atoms with Crippen LogP contribution in [0.15, 0.2) is 24.3 Å². The Kier molecular flexibility index (Phi) is 6.63. The Bertz CT molecular complexity index is 408. The highest BCUT2D eigenvalue weighted by Gasteiger charge is 2.24. The molecule has 1 aliphatic rings. The van der Waals surface area contributed by atoms with E-state index in [0.717, 1.165) is 31.2 Å². The van der Waals surface area contributed by atoms with E-state index in [-0.39, 0.29) is 30.3 Å². The minimum Gasteiger partial charge on any atom is -0.352 e. The normalized spacial score (nSPS) is 22.4. The zero-order chi connectivity index (χ0) is 13.0. The van der Waals surface area contributed by atoms with E-state index in [4.69, 9.17) is 17.3 Å². The second-order valence-electron chi connectivity index (χ2n) is 4.97. The SMILES string of the molecule is Cl.NC1CCCC(C(=O)NCc2ccc(Cl)cc2)C1. The summed E-state index contributed by atoms with van der Waals surface area (Å²) in [4.78, 5) is 12.0. The number of benzene rings is 1. The molecule has 0 radical (unpaired) electrons. The summed E-state index contributed by atoms with van der Waals surface area (Å²) in [5.74, 6) is 0.209. The van der Waals surface area contributed by atoms with Crippen LogP contribution in [0.3, 0.4) is 0 Å². The van der Waals surface area contributed by atoms with Gasteiger partial charge in [0.1, 0.15) is 0 Å². The molecule has 0 saturated heterocycles. The molecule has 5 heteroatoms. The van der Waals surface area contributed by atoms with Crippen molar-refractivity contribution in [2.24, 2.45) is 11.7 Å². The van der Waals surface area contributed by atoms with Crippen LogP contribution in [-0.2, 0) is 11.3 Å². The fourth-order valence-electron chi connectivity index (χ4n) is 2.40. The topological polar surface area (TPSA) is 55.1 Å². The van der Waals surface area contributed by atoms with E-state index < -0.39 is 0 Å². The number of nitrogens with one attached hydrogen (secondary N) is 1. The first-order valence-electron chi connectivity index (χ1n) is 6.43. The fourth-order valence-corrected chi connectivity index (χ4v) is 2.53. The molecule has 1 saturated carbocycles. The van der Waals surface area contributed by atoms with Gasteiger partial charge in [0.05, 0.1) is 0 Å². The predicted molar refractivity (Wildman–Crippen MR) is 80.5 cm³/mol. The fraction of sp³-hybridized carbons (Fsp3) is 0.500. The lowest BCUT2D eigenvalue weighted by Crippen LogP contribution is -2.37. The number of nitrogens with two attached hydrogens (primary N) is 1. The summed E-state index contributed by atoms with van der Waals surface area (Å²) in [7, 11) is 0. The van der Waals surface area contributed by atoms with Crippen LogP contribution in [0.5, 0.6) is 0 Å². The summed E-state index contributed by atoms with van der Waals surface area (Å²) >= 11 is 5.81. The molecule has 2 unspecified atom stereocenters. The van der Waals surface area contributed by atoms with Gasteiger partial charge in [-0.15, -0.1) is 12.4 Å². The van der Waals surface area contributed by atoms with Crippen LogP contribution >= 0.6 is 24.0 Å². The smallest absolute Gasteiger partial charge is 0.223 e. The van der Waals surface area contributed by atoms with Gasteiger partial charge in [-0.3, -0.25) is 4.79 Å². The van der Waals surface area contributed by atoms with Crippen molar-refractivity contribution >= 4 is 29.9 Å². The number of hydrogen-bond donors (Lipinski definition) is 2. The molecule has 2 atom stereocenters. The second-order valence-corrected chi connectivity index (χ2v) is 5.40. The Balaban J connectivity index is 0.00000180. The quantitative estimate of drug-likeness (QED) is 0.902. The van der Waals surface area contributed by atoms with Gasteiger partial charge in [-0.1, -0.05) is 30.2 Å². The highest BCUT2D eigenvalue weighted by atomic mass is 35.5. The molecule has 3 N–H and O–H groups in total. The molecule has 2 rings (SSSR count). The maximum absolute atomic E-state index is 12.0. The van der Waals surface area contributed by atoms with Crippen molar-refractivity contribution in [3.05, 3.63) is 34.9 Å². The summed E-state index contributed by atoms with van der Waals surface area (Å²) in [6, 6.07) is 7.70. The Labute approximate surface area is 125 Å². The second kappa shape index (κ2) is 7.73. The van der Waals surface area contributed by atoms with Gasteiger partial charge in [0.25, 0.3) is 0 Å². The largest absolute Gasteiger partial charge is 0.352 e. The molecular weight excluding hydrogens is 283 g/mol. The molecule has 0 aromatic heterocycles. The van der Waals surface area contributed by atoms with Crippen LogP contribution in [0.1, 0.15) is 31.2 Å². The number of halogens is 2. The molecule has 1 aromatic carbocycles. The van der Waals surface area contributed by atoms with E-state index in [9.17, 15) is 4.79 Å². The minimum atomic E-state index is 0. The molecule has 0 aliphatic heterocycles. The molecule has 19 heavy (non-hydrogen) atoms. The summed E-state index contributed by atoms with van der Waals surface area (Å²) in [5.41, 5.74) is 6.96. The Morgan fingerprint density at radius 2 is 2.00 bits per heavy atom. The lowest BCUT2D eigenvalue weighted by molar-refractivity contribution is -0.126. The van der Waals surface area contributed by atoms with E-state index in [1.165, 1.54) is 0 Å². The van der Waals surface area contributed by atoms with Gasteiger partial charge in [0.2, 0.25) is 5.91 Å². The third-order valence-electron chi connectivity index (χ3n) is 3.47. The predicted octanol–water partition coefficient (Wildman–Crippen LogP) is 2.90. The van der Waals surface area contributed by atoms with Gasteiger partial charge in [0, 0.05) is 23.5 Å². The maximum atomic E-state index is 12.0. The third kappa shape index (κ3) is 5.01. The number of amides is 1. The molecular formula is C14H20Cl2N2O. The van der Waals surface area contributed by atoms with Crippen LogP contribution in [0.4, 0.5) is 0 Å². The average Bonchev–Trinajstić information content (AvgIpc) is 2.38. The van der Waals surface area contributed by atoms with E-state index >= 15 is 0 Å². The molecule has 1 aliphatic carbocycles. The summed E-state index contributed by atoms with van der Waals surface area (Å²) in [6.45, 7) is 0.557. The molecule has 1 fully saturated rings. The van der Waals surface area contributed by atoms with Crippen molar-refractivity contribution in [3.63, 3.8) is 0 Å². The molecule has 0 spiro atoms. The molecule has 0 heterocycles. The lowest BCUT2D eigenvalue weighted by Gasteiger charge is -2.25. The Morgan fingerprint density at radius 3 is 2.63 bits per heavy atom. The van der Waals surface area contributed by atoms with Crippen molar-refractivity contribution in [2.45, 2.75) is 38.3 Å². The van der Waals surface area contributed by atoms with Crippen LogP contribution in [0.2, 0.25) is 5.02 Å². The summed E-state index contributed by atoms with van der Waals surface area (Å²) in [6.07, 6.45) is 3.87. The summed E-state index contributed by atoms with van der Waals surface area (Å²) in [5, 5.41) is 3.68. The van der Waals surface area contributed by atoms with Crippen molar-refractivity contribution in [1.82, 2.24) is 5.32 Å². The van der Waals surface area contributed by atoms with Crippen molar-refractivity contribution in [3.8, 4) is 0 Å². The van der Waals surface area contributed by atoms with Crippen molar-refractivity contribution < 1.29 is 4.79 Å². The lowest BCUT2D eigenvalue weighted by atomic mass is 9.85. The first-order valence-corrected chi connectivity index (χ1v) is 6.80. The molecule has 106 valence electrons. The highest BCUT2D eigenvalue weighted by Crippen LogP contribution is 2.23. The molecule has 1 aromatic rings. The van der Waals surface area contributed by atoms with Crippen LogP contribution < -0.4 is 11.1 Å². The van der Waals surface area contributed by atoms with Crippen LogP contribution in [-0.4, -0.2) is 11.9 Å². The Morgan fingerprint density at radius 1 is 1.32 bits per heavy atom. The van der Waals surface area contributed by atoms with Gasteiger partial charge >= 0.3 is 0 Å². The van der Waals surface area contributed by atoms with Gasteiger partial charge in [-0.25, -0.2) is 0 Å². The monoisotopic (exact) mass is 302 g/mol. The average molecular weight is 303 g/mol. The zero-order valence-corrected chi connectivity index (χ0v) is 12.3.